The van der Waals surface area contributed by atoms with Crippen LogP contribution >= 0.6 is 15.9 Å². The Balaban J connectivity index is 1.76. The zero-order valence-electron chi connectivity index (χ0n) is 12.7. The van der Waals surface area contributed by atoms with Gasteiger partial charge in [-0.15, -0.1) is 0 Å². The van der Waals surface area contributed by atoms with Gasteiger partial charge >= 0.3 is 0 Å². The molecule has 0 atom stereocenters. The van der Waals surface area contributed by atoms with Crippen molar-refractivity contribution in [2.75, 3.05) is 26.2 Å². The summed E-state index contributed by atoms with van der Waals surface area (Å²) in [5.41, 5.74) is 1.54. The van der Waals surface area contributed by atoms with Crippen LogP contribution in [0.15, 0.2) is 28.7 Å². The minimum atomic E-state index is 0.161. The lowest BCUT2D eigenvalue weighted by molar-refractivity contribution is 0.342. The molecule has 0 radical (unpaired) electrons. The Labute approximate surface area is 131 Å². The van der Waals surface area contributed by atoms with Gasteiger partial charge in [0.05, 0.1) is 0 Å². The van der Waals surface area contributed by atoms with Gasteiger partial charge < -0.3 is 10.6 Å². The summed E-state index contributed by atoms with van der Waals surface area (Å²) in [6.45, 7) is 9.19. The molecule has 1 saturated heterocycles. The van der Waals surface area contributed by atoms with Crippen molar-refractivity contribution in [1.82, 2.24) is 10.6 Å². The first-order valence-corrected chi connectivity index (χ1v) is 8.55. The second-order valence-corrected chi connectivity index (χ2v) is 7.38. The summed E-state index contributed by atoms with van der Waals surface area (Å²) in [4.78, 5) is 0. The van der Waals surface area contributed by atoms with Gasteiger partial charge in [-0.3, -0.25) is 0 Å². The predicted molar refractivity (Wildman–Crippen MR) is 90.2 cm³/mol. The Morgan fingerprint density at radius 3 is 2.65 bits per heavy atom. The maximum atomic E-state index is 3.67. The molecule has 1 aromatic rings. The molecule has 1 aliphatic heterocycles. The van der Waals surface area contributed by atoms with Crippen molar-refractivity contribution >= 4 is 15.9 Å². The van der Waals surface area contributed by atoms with Crippen molar-refractivity contribution in [3.8, 4) is 0 Å². The van der Waals surface area contributed by atoms with Crippen molar-refractivity contribution in [2.24, 2.45) is 5.92 Å². The van der Waals surface area contributed by atoms with Crippen LogP contribution in [0.1, 0.15) is 38.7 Å². The van der Waals surface area contributed by atoms with E-state index in [1.165, 1.54) is 42.4 Å². The number of rotatable bonds is 6. The third-order valence-electron chi connectivity index (χ3n) is 4.36. The van der Waals surface area contributed by atoms with Crippen LogP contribution in [0, 0.1) is 5.92 Å². The molecule has 112 valence electrons. The van der Waals surface area contributed by atoms with Gasteiger partial charge in [0, 0.05) is 16.4 Å². The third kappa shape index (κ3) is 4.57. The Bertz CT molecular complexity index is 411. The van der Waals surface area contributed by atoms with Gasteiger partial charge in [-0.25, -0.2) is 0 Å². The third-order valence-corrected chi connectivity index (χ3v) is 5.05. The molecule has 0 saturated carbocycles. The van der Waals surface area contributed by atoms with Crippen molar-refractivity contribution in [3.05, 3.63) is 34.3 Å². The predicted octanol–water partition coefficient (Wildman–Crippen LogP) is 3.71. The molecule has 1 aliphatic rings. The van der Waals surface area contributed by atoms with Crippen LogP contribution in [0.4, 0.5) is 0 Å². The van der Waals surface area contributed by atoms with Crippen LogP contribution in [0.25, 0.3) is 0 Å². The van der Waals surface area contributed by atoms with Crippen LogP contribution in [-0.2, 0) is 5.41 Å². The van der Waals surface area contributed by atoms with Gasteiger partial charge in [0.15, 0.2) is 0 Å². The second-order valence-electron chi connectivity index (χ2n) is 6.52. The maximum absolute atomic E-state index is 3.67. The molecule has 1 aromatic carbocycles. The van der Waals surface area contributed by atoms with Crippen molar-refractivity contribution < 1.29 is 0 Å². The maximum Gasteiger partial charge on any atom is 0.0213 e. The summed E-state index contributed by atoms with van der Waals surface area (Å²) in [6.07, 6.45) is 4.00. The number of hydrogen-bond acceptors (Lipinski definition) is 2. The van der Waals surface area contributed by atoms with Gasteiger partial charge in [0.25, 0.3) is 0 Å². The first-order chi connectivity index (χ1) is 9.59. The molecule has 3 heteroatoms. The Hall–Kier alpha value is -0.380. The highest BCUT2D eigenvalue weighted by Gasteiger charge is 2.22. The highest BCUT2D eigenvalue weighted by atomic mass is 79.9. The van der Waals surface area contributed by atoms with E-state index >= 15 is 0 Å². The minimum absolute atomic E-state index is 0.161. The molecule has 2 rings (SSSR count). The normalized spacial score (nSPS) is 17.4. The fourth-order valence-electron chi connectivity index (χ4n) is 2.98. The van der Waals surface area contributed by atoms with Crippen LogP contribution < -0.4 is 10.6 Å². The van der Waals surface area contributed by atoms with Crippen LogP contribution in [-0.4, -0.2) is 26.2 Å². The van der Waals surface area contributed by atoms with E-state index in [0.717, 1.165) is 19.0 Å². The summed E-state index contributed by atoms with van der Waals surface area (Å²) in [7, 11) is 0. The average molecular weight is 339 g/mol. The molecule has 20 heavy (non-hydrogen) atoms. The topological polar surface area (TPSA) is 24.1 Å². The molecule has 0 unspecified atom stereocenters. The Morgan fingerprint density at radius 1 is 1.25 bits per heavy atom. The number of nitrogens with one attached hydrogen (secondary N) is 2. The lowest BCUT2D eigenvalue weighted by Crippen LogP contribution is -2.35. The zero-order valence-corrected chi connectivity index (χ0v) is 14.3. The molecule has 0 aliphatic carbocycles. The first-order valence-electron chi connectivity index (χ1n) is 7.76. The van der Waals surface area contributed by atoms with Gasteiger partial charge in [0.1, 0.15) is 0 Å². The van der Waals surface area contributed by atoms with Gasteiger partial charge in [-0.05, 0) is 56.4 Å². The molecular formula is C17H27BrN2. The molecular weight excluding hydrogens is 312 g/mol. The fourth-order valence-corrected chi connectivity index (χ4v) is 3.80. The summed E-state index contributed by atoms with van der Waals surface area (Å²) in [5, 5.41) is 7.09. The average Bonchev–Trinajstić information content (AvgIpc) is 2.45. The van der Waals surface area contributed by atoms with Crippen molar-refractivity contribution in [1.29, 1.82) is 0 Å². The largest absolute Gasteiger partial charge is 0.317 e. The van der Waals surface area contributed by atoms with E-state index in [2.05, 4.69) is 64.7 Å². The Kier molecular flexibility index (Phi) is 6.06. The van der Waals surface area contributed by atoms with E-state index in [0.29, 0.717) is 0 Å². The Morgan fingerprint density at radius 2 is 1.95 bits per heavy atom. The molecule has 0 spiro atoms. The quantitative estimate of drug-likeness (QED) is 0.772. The monoisotopic (exact) mass is 338 g/mol. The number of piperidine rings is 1. The second kappa shape index (κ2) is 7.58. The molecule has 2 N–H and O–H groups in total. The SMILES string of the molecule is CC(C)(CNCCC1CCNCC1)c1ccccc1Br. The summed E-state index contributed by atoms with van der Waals surface area (Å²) in [6, 6.07) is 8.55. The smallest absolute Gasteiger partial charge is 0.0213 e. The van der Waals surface area contributed by atoms with E-state index in [9.17, 15) is 0 Å². The van der Waals surface area contributed by atoms with Crippen LogP contribution in [0.3, 0.4) is 0 Å². The molecule has 0 bridgehead atoms. The van der Waals surface area contributed by atoms with E-state index in [4.69, 9.17) is 0 Å². The highest BCUT2D eigenvalue weighted by Crippen LogP contribution is 2.29. The van der Waals surface area contributed by atoms with E-state index in [1.54, 1.807) is 0 Å². The lowest BCUT2D eigenvalue weighted by atomic mass is 9.84. The van der Waals surface area contributed by atoms with E-state index < -0.39 is 0 Å². The van der Waals surface area contributed by atoms with Gasteiger partial charge in [0.2, 0.25) is 0 Å². The lowest BCUT2D eigenvalue weighted by Gasteiger charge is -2.28. The molecule has 0 amide bonds. The standard InChI is InChI=1S/C17H27BrN2/c1-17(2,15-5-3-4-6-16(15)18)13-20-12-9-14-7-10-19-11-8-14/h3-6,14,19-20H,7-13H2,1-2H3. The number of halogens is 1. The van der Waals surface area contributed by atoms with Gasteiger partial charge in [-0.1, -0.05) is 48.0 Å². The minimum Gasteiger partial charge on any atom is -0.317 e. The molecule has 1 fully saturated rings. The summed E-state index contributed by atoms with van der Waals surface area (Å²) >= 11 is 3.67. The van der Waals surface area contributed by atoms with Crippen LogP contribution in [0.2, 0.25) is 0 Å². The molecule has 0 aromatic heterocycles. The number of hydrogen-bond donors (Lipinski definition) is 2. The van der Waals surface area contributed by atoms with E-state index in [1.807, 2.05) is 0 Å². The summed E-state index contributed by atoms with van der Waals surface area (Å²) in [5.74, 6) is 0.912. The summed E-state index contributed by atoms with van der Waals surface area (Å²) < 4.78 is 1.21. The number of benzene rings is 1. The van der Waals surface area contributed by atoms with Gasteiger partial charge in [-0.2, -0.15) is 0 Å². The van der Waals surface area contributed by atoms with Crippen LogP contribution in [0.5, 0.6) is 0 Å². The highest BCUT2D eigenvalue weighted by molar-refractivity contribution is 9.10. The van der Waals surface area contributed by atoms with Crippen molar-refractivity contribution in [2.45, 2.75) is 38.5 Å². The van der Waals surface area contributed by atoms with E-state index in [-0.39, 0.29) is 5.41 Å². The first kappa shape index (κ1) is 16.0. The zero-order chi connectivity index (χ0) is 14.4. The molecule has 2 nitrogen and oxygen atoms in total. The molecule has 1 heterocycles. The van der Waals surface area contributed by atoms with Crippen molar-refractivity contribution in [3.63, 3.8) is 0 Å². The fraction of sp³-hybridized carbons (Fsp3) is 0.647.